The highest BCUT2D eigenvalue weighted by atomic mass is 32.2. The molecule has 0 saturated heterocycles. The average molecular weight is 569 g/mol. The van der Waals surface area contributed by atoms with E-state index in [0.717, 1.165) is 10.6 Å². The number of aliphatic hydroxyl groups is 1. The van der Waals surface area contributed by atoms with Crippen LogP contribution in [0.15, 0.2) is 40.8 Å². The molecule has 0 spiro atoms. The summed E-state index contributed by atoms with van der Waals surface area (Å²) in [6, 6.07) is 8.52. The van der Waals surface area contributed by atoms with Gasteiger partial charge in [-0.1, -0.05) is 0 Å². The second-order valence-electron chi connectivity index (χ2n) is 9.19. The summed E-state index contributed by atoms with van der Waals surface area (Å²) in [5.74, 6) is -1.41. The number of anilines is 1. The zero-order valence-corrected chi connectivity index (χ0v) is 22.7. The molecule has 10 nitrogen and oxygen atoms in total. The molecule has 1 aromatic heterocycles. The molecule has 2 N–H and O–H groups in total. The fraction of sp³-hybridized carbons (Fsp3) is 0.400. The molecule has 206 valence electrons. The number of nitrogens with one attached hydrogen (secondary N) is 1. The number of sulfone groups is 1. The molecule has 0 unspecified atom stereocenters. The fourth-order valence-electron chi connectivity index (χ4n) is 4.59. The van der Waals surface area contributed by atoms with Crippen molar-refractivity contribution in [3.05, 3.63) is 53.3 Å². The topological polar surface area (TPSA) is 143 Å². The van der Waals surface area contributed by atoms with Crippen molar-refractivity contribution in [3.63, 3.8) is 0 Å². The molecule has 38 heavy (non-hydrogen) atoms. The van der Waals surface area contributed by atoms with Gasteiger partial charge in [0.25, 0.3) is 5.91 Å². The predicted octanol–water partition coefficient (Wildman–Crippen LogP) is 2.62. The van der Waals surface area contributed by atoms with Crippen molar-refractivity contribution >= 4 is 42.4 Å². The number of carbonyl (C=O) groups is 1. The van der Waals surface area contributed by atoms with E-state index in [1.807, 2.05) is 0 Å². The molecule has 2 atom stereocenters. The van der Waals surface area contributed by atoms with Gasteiger partial charge in [-0.15, -0.1) is 0 Å². The molecule has 4 rings (SSSR count). The average Bonchev–Trinajstić information content (AvgIpc) is 3.16. The SMILES string of the molecule is CNC(=O)c1c(-c2ccc(F)cc2)oc2cc3c(cc12)[C@H](C)O[C@H](CS(=O)(=O)CCCO)CN3S(C)(=O)=O. The van der Waals surface area contributed by atoms with Crippen LogP contribution in [0.1, 0.15) is 35.4 Å². The lowest BCUT2D eigenvalue weighted by Crippen LogP contribution is -2.40. The van der Waals surface area contributed by atoms with E-state index in [1.165, 1.54) is 37.4 Å². The summed E-state index contributed by atoms with van der Waals surface area (Å²) in [6.45, 7) is 1.13. The maximum absolute atomic E-state index is 13.5. The van der Waals surface area contributed by atoms with Crippen molar-refractivity contribution in [2.75, 3.05) is 42.3 Å². The number of amides is 1. The molecule has 13 heteroatoms. The molecule has 3 aromatic rings. The van der Waals surface area contributed by atoms with Crippen LogP contribution in [-0.4, -0.2) is 71.9 Å². The Labute approximate surface area is 220 Å². The molecule has 0 fully saturated rings. The molecular weight excluding hydrogens is 539 g/mol. The van der Waals surface area contributed by atoms with Crippen LogP contribution in [0.2, 0.25) is 0 Å². The summed E-state index contributed by atoms with van der Waals surface area (Å²) in [5, 5.41) is 12.0. The van der Waals surface area contributed by atoms with E-state index in [9.17, 15) is 26.0 Å². The largest absolute Gasteiger partial charge is 0.455 e. The molecule has 0 saturated carbocycles. The molecule has 1 amide bonds. The zero-order valence-electron chi connectivity index (χ0n) is 21.1. The third kappa shape index (κ3) is 5.70. The first-order valence-electron chi connectivity index (χ1n) is 11.9. The van der Waals surface area contributed by atoms with E-state index in [2.05, 4.69) is 5.32 Å². The minimum atomic E-state index is -3.89. The van der Waals surface area contributed by atoms with Crippen LogP contribution in [0.4, 0.5) is 10.1 Å². The summed E-state index contributed by atoms with van der Waals surface area (Å²) in [6.07, 6.45) is -0.636. The van der Waals surface area contributed by atoms with Crippen LogP contribution in [-0.2, 0) is 24.6 Å². The highest BCUT2D eigenvalue weighted by Crippen LogP contribution is 2.42. The minimum absolute atomic E-state index is 0.0652. The molecule has 0 radical (unpaired) electrons. The van der Waals surface area contributed by atoms with Gasteiger partial charge in [-0.2, -0.15) is 0 Å². The lowest BCUT2D eigenvalue weighted by Gasteiger charge is -2.24. The quantitative estimate of drug-likeness (QED) is 0.422. The van der Waals surface area contributed by atoms with Crippen molar-refractivity contribution < 1.29 is 40.3 Å². The molecule has 1 aliphatic heterocycles. The summed E-state index contributed by atoms with van der Waals surface area (Å²) in [4.78, 5) is 12.9. The lowest BCUT2D eigenvalue weighted by molar-refractivity contribution is 0.0193. The number of fused-ring (bicyclic) bond motifs is 2. The number of nitrogens with zero attached hydrogens (tertiary/aromatic N) is 1. The van der Waals surface area contributed by atoms with Gasteiger partial charge in [-0.25, -0.2) is 21.2 Å². The van der Waals surface area contributed by atoms with Crippen molar-refractivity contribution in [1.29, 1.82) is 0 Å². The Kier molecular flexibility index (Phi) is 7.84. The van der Waals surface area contributed by atoms with Crippen molar-refractivity contribution in [3.8, 4) is 11.3 Å². The lowest BCUT2D eigenvalue weighted by atomic mass is 10.0. The van der Waals surface area contributed by atoms with Crippen LogP contribution < -0.4 is 9.62 Å². The number of benzene rings is 2. The zero-order chi connectivity index (χ0) is 27.8. The Hall–Kier alpha value is -3.00. The third-order valence-corrected chi connectivity index (χ3v) is 9.26. The highest BCUT2D eigenvalue weighted by Gasteiger charge is 2.35. The first-order chi connectivity index (χ1) is 17.8. The molecule has 2 aromatic carbocycles. The van der Waals surface area contributed by atoms with Gasteiger partial charge in [0.05, 0.1) is 47.8 Å². The maximum atomic E-state index is 13.5. The standard InChI is InChI=1S/C25H29FN2O8S2/c1-15-19-11-20-22(36-24(23(20)25(30)27-2)16-5-7-17(26)8-6-16)12-21(19)28(37(3,31)32)13-18(35-15)14-38(33,34)10-4-9-29/h5-8,11-12,15,18,29H,4,9-10,13-14H2,1-3H3,(H,27,30)/t15-,18-/m0/s1. The summed E-state index contributed by atoms with van der Waals surface area (Å²) in [7, 11) is -6.06. The number of hydrogen-bond donors (Lipinski definition) is 2. The van der Waals surface area contributed by atoms with E-state index in [4.69, 9.17) is 14.3 Å². The van der Waals surface area contributed by atoms with E-state index >= 15 is 0 Å². The Balaban J connectivity index is 1.87. The Morgan fingerprint density at radius 1 is 1.18 bits per heavy atom. The number of rotatable bonds is 8. The molecule has 0 bridgehead atoms. The van der Waals surface area contributed by atoms with Gasteiger partial charge in [0, 0.05) is 36.2 Å². The van der Waals surface area contributed by atoms with Crippen molar-refractivity contribution in [2.45, 2.75) is 25.6 Å². The number of aliphatic hydroxyl groups excluding tert-OH is 1. The summed E-state index contributed by atoms with van der Waals surface area (Å²) >= 11 is 0. The van der Waals surface area contributed by atoms with Crippen molar-refractivity contribution in [2.24, 2.45) is 0 Å². The Morgan fingerprint density at radius 3 is 2.47 bits per heavy atom. The summed E-state index contributed by atoms with van der Waals surface area (Å²) < 4.78 is 77.5. The molecule has 1 aliphatic rings. The van der Waals surface area contributed by atoms with Crippen molar-refractivity contribution in [1.82, 2.24) is 5.32 Å². The molecule has 2 heterocycles. The molecule has 0 aliphatic carbocycles. The number of carbonyl (C=O) groups excluding carboxylic acids is 1. The van der Waals surface area contributed by atoms with Crippen LogP contribution >= 0.6 is 0 Å². The smallest absolute Gasteiger partial charge is 0.255 e. The predicted molar refractivity (Wildman–Crippen MR) is 141 cm³/mol. The Bertz CT molecular complexity index is 1570. The number of halogens is 1. The van der Waals surface area contributed by atoms with E-state index < -0.39 is 49.5 Å². The van der Waals surface area contributed by atoms with E-state index in [1.54, 1.807) is 13.0 Å². The van der Waals surface area contributed by atoms with Gasteiger partial charge in [0.1, 0.15) is 17.2 Å². The van der Waals surface area contributed by atoms with E-state index in [-0.39, 0.29) is 47.9 Å². The normalized spacial score (nSPS) is 18.3. The first kappa shape index (κ1) is 28.0. The second-order valence-corrected chi connectivity index (χ2v) is 13.3. The minimum Gasteiger partial charge on any atom is -0.455 e. The van der Waals surface area contributed by atoms with Crippen LogP contribution in [0.5, 0.6) is 0 Å². The van der Waals surface area contributed by atoms with E-state index in [0.29, 0.717) is 16.5 Å². The van der Waals surface area contributed by atoms with Gasteiger partial charge in [-0.3, -0.25) is 9.10 Å². The second kappa shape index (κ2) is 10.6. The highest BCUT2D eigenvalue weighted by molar-refractivity contribution is 7.92. The van der Waals surface area contributed by atoms with Gasteiger partial charge >= 0.3 is 0 Å². The third-order valence-electron chi connectivity index (χ3n) is 6.32. The van der Waals surface area contributed by atoms with Crippen LogP contribution in [0.25, 0.3) is 22.3 Å². The van der Waals surface area contributed by atoms with Gasteiger partial charge in [-0.05, 0) is 43.7 Å². The maximum Gasteiger partial charge on any atom is 0.255 e. The summed E-state index contributed by atoms with van der Waals surface area (Å²) in [5.41, 5.74) is 1.52. The van der Waals surface area contributed by atoms with Gasteiger partial charge in [0.2, 0.25) is 10.0 Å². The first-order valence-corrected chi connectivity index (χ1v) is 15.5. The Morgan fingerprint density at radius 2 is 1.87 bits per heavy atom. The van der Waals surface area contributed by atoms with Gasteiger partial charge < -0.3 is 19.6 Å². The number of ether oxygens (including phenoxy) is 1. The number of furan rings is 1. The molecular formula is C25H29FN2O8S2. The van der Waals surface area contributed by atoms with Gasteiger partial charge in [0.15, 0.2) is 9.84 Å². The van der Waals surface area contributed by atoms with Crippen LogP contribution in [0, 0.1) is 5.82 Å². The number of hydrogen-bond acceptors (Lipinski definition) is 8. The number of sulfonamides is 1. The fourth-order valence-corrected chi connectivity index (χ4v) is 7.03. The monoisotopic (exact) mass is 568 g/mol. The van der Waals surface area contributed by atoms with Crippen LogP contribution in [0.3, 0.4) is 0 Å².